The summed E-state index contributed by atoms with van der Waals surface area (Å²) in [7, 11) is 0. The molecule has 0 fully saturated rings. The van der Waals surface area contributed by atoms with Gasteiger partial charge in [-0.2, -0.15) is 0 Å². The molecule has 0 aliphatic heterocycles. The zero-order chi connectivity index (χ0) is 24.2. The number of nitro benzene ring substituents is 2. The first kappa shape index (κ1) is 23.9. The lowest BCUT2D eigenvalue weighted by atomic mass is 9.79. The molecule has 0 atom stereocenters. The van der Waals surface area contributed by atoms with Crippen molar-refractivity contribution in [2.45, 2.75) is 31.6 Å². The number of ether oxygens (including phenoxy) is 1. The molecule has 0 bridgehead atoms. The van der Waals surface area contributed by atoms with E-state index >= 15 is 0 Å². The van der Waals surface area contributed by atoms with Gasteiger partial charge in [0.05, 0.1) is 14.8 Å². The van der Waals surface area contributed by atoms with Crippen LogP contribution in [0.5, 0.6) is 0 Å². The second-order valence-corrected chi connectivity index (χ2v) is 9.24. The number of nitro groups is 2. The van der Waals surface area contributed by atoms with Crippen LogP contribution in [0, 0.1) is 25.6 Å². The molecule has 1 aliphatic rings. The first-order valence-corrected chi connectivity index (χ1v) is 10.7. The number of thioether (sulfide) groups is 1. The maximum Gasteiger partial charge on any atom is 0.335 e. The van der Waals surface area contributed by atoms with Gasteiger partial charge in [0.15, 0.2) is 5.78 Å². The van der Waals surface area contributed by atoms with Crippen LogP contribution in [-0.2, 0) is 14.3 Å². The standard InChI is InChI=1S/C23H20N2O7S/c1-23(2)13-19(26)22(33-18-9-7-16(8-10-18)24(28)29)20(14-23)32-21(27)11-6-15-4-3-5-17(12-15)25(30)31/h3-12H,13-14H2,1-2H3. The van der Waals surface area contributed by atoms with Crippen molar-refractivity contribution in [1.29, 1.82) is 0 Å². The molecule has 2 aromatic rings. The first-order valence-electron chi connectivity index (χ1n) is 9.87. The van der Waals surface area contributed by atoms with E-state index in [1.54, 1.807) is 6.07 Å². The molecule has 3 rings (SSSR count). The number of hydrogen-bond acceptors (Lipinski definition) is 8. The van der Waals surface area contributed by atoms with Gasteiger partial charge in [-0.1, -0.05) is 37.7 Å². The third kappa shape index (κ3) is 6.36. The van der Waals surface area contributed by atoms with Crippen LogP contribution in [0.15, 0.2) is 70.2 Å². The summed E-state index contributed by atoms with van der Waals surface area (Å²) in [5.41, 5.74) is -0.122. The second kappa shape index (κ2) is 9.78. The molecule has 0 heterocycles. The lowest BCUT2D eigenvalue weighted by molar-refractivity contribution is -0.385. The van der Waals surface area contributed by atoms with E-state index in [0.717, 1.165) is 17.8 Å². The zero-order valence-corrected chi connectivity index (χ0v) is 18.7. The highest BCUT2D eigenvalue weighted by atomic mass is 32.2. The SMILES string of the molecule is CC1(C)CC(=O)C(Sc2ccc([N+](=O)[O-])cc2)=C(OC(=O)C=Cc2cccc([N+](=O)[O-])c2)C1. The van der Waals surface area contributed by atoms with E-state index < -0.39 is 21.2 Å². The van der Waals surface area contributed by atoms with Crippen molar-refractivity contribution in [2.24, 2.45) is 5.41 Å². The largest absolute Gasteiger partial charge is 0.427 e. The van der Waals surface area contributed by atoms with E-state index in [0.29, 0.717) is 16.9 Å². The van der Waals surface area contributed by atoms with E-state index in [4.69, 9.17) is 4.74 Å². The van der Waals surface area contributed by atoms with E-state index in [9.17, 15) is 29.8 Å². The fourth-order valence-corrected chi connectivity index (χ4v) is 4.18. The van der Waals surface area contributed by atoms with Crippen LogP contribution in [0.1, 0.15) is 32.3 Å². The predicted octanol–water partition coefficient (Wildman–Crippen LogP) is 5.45. The van der Waals surface area contributed by atoms with Crippen LogP contribution in [0.3, 0.4) is 0 Å². The quantitative estimate of drug-likeness (QED) is 0.227. The van der Waals surface area contributed by atoms with Crippen LogP contribution < -0.4 is 0 Å². The third-order valence-electron chi connectivity index (χ3n) is 4.77. The van der Waals surface area contributed by atoms with Crippen molar-refractivity contribution in [2.75, 3.05) is 0 Å². The molecule has 1 aliphatic carbocycles. The molecular formula is C23H20N2O7S. The summed E-state index contributed by atoms with van der Waals surface area (Å²) in [5.74, 6) is -0.669. The summed E-state index contributed by atoms with van der Waals surface area (Å²) >= 11 is 1.09. The Bertz CT molecular complexity index is 1180. The zero-order valence-electron chi connectivity index (χ0n) is 17.8. The number of carbonyl (C=O) groups excluding carboxylic acids is 2. The molecule has 0 saturated heterocycles. The highest BCUT2D eigenvalue weighted by Gasteiger charge is 2.35. The maximum atomic E-state index is 12.8. The lowest BCUT2D eigenvalue weighted by Crippen LogP contribution is -2.26. The Labute approximate surface area is 193 Å². The second-order valence-electron chi connectivity index (χ2n) is 8.15. The average Bonchev–Trinajstić information content (AvgIpc) is 2.74. The van der Waals surface area contributed by atoms with Gasteiger partial charge in [-0.25, -0.2) is 4.79 Å². The fraction of sp³-hybridized carbons (Fsp3) is 0.217. The Morgan fingerprint density at radius 2 is 1.70 bits per heavy atom. The Morgan fingerprint density at radius 3 is 2.33 bits per heavy atom. The van der Waals surface area contributed by atoms with Gasteiger partial charge in [-0.3, -0.25) is 25.0 Å². The van der Waals surface area contributed by atoms with Crippen molar-refractivity contribution < 1.29 is 24.2 Å². The topological polar surface area (TPSA) is 130 Å². The molecular weight excluding hydrogens is 448 g/mol. The summed E-state index contributed by atoms with van der Waals surface area (Å²) in [5, 5.41) is 21.8. The summed E-state index contributed by atoms with van der Waals surface area (Å²) in [6, 6.07) is 11.5. The summed E-state index contributed by atoms with van der Waals surface area (Å²) in [4.78, 5) is 46.9. The number of allylic oxidation sites excluding steroid dienone is 2. The number of rotatable bonds is 7. The van der Waals surface area contributed by atoms with E-state index in [1.807, 2.05) is 13.8 Å². The average molecular weight is 468 g/mol. The molecule has 33 heavy (non-hydrogen) atoms. The van der Waals surface area contributed by atoms with E-state index in [2.05, 4.69) is 0 Å². The number of non-ortho nitro benzene ring substituents is 2. The van der Waals surface area contributed by atoms with Crippen molar-refractivity contribution in [3.63, 3.8) is 0 Å². The normalized spacial score (nSPS) is 15.5. The van der Waals surface area contributed by atoms with Gasteiger partial charge in [-0.05, 0) is 29.2 Å². The van der Waals surface area contributed by atoms with Crippen LogP contribution >= 0.6 is 11.8 Å². The number of benzene rings is 2. The van der Waals surface area contributed by atoms with Crippen molar-refractivity contribution in [3.8, 4) is 0 Å². The molecule has 0 saturated carbocycles. The molecule has 0 unspecified atom stereocenters. The Kier molecular flexibility index (Phi) is 7.07. The summed E-state index contributed by atoms with van der Waals surface area (Å²) in [6.07, 6.45) is 3.17. The molecule has 2 aromatic carbocycles. The van der Waals surface area contributed by atoms with Crippen molar-refractivity contribution >= 4 is 41.0 Å². The maximum absolute atomic E-state index is 12.8. The van der Waals surface area contributed by atoms with Gasteiger partial charge in [-0.15, -0.1) is 0 Å². The number of hydrogen-bond donors (Lipinski definition) is 0. The van der Waals surface area contributed by atoms with Crippen molar-refractivity contribution in [3.05, 3.63) is 91.1 Å². The smallest absolute Gasteiger partial charge is 0.335 e. The number of nitrogens with zero attached hydrogens (tertiary/aromatic N) is 2. The van der Waals surface area contributed by atoms with Crippen molar-refractivity contribution in [1.82, 2.24) is 0 Å². The van der Waals surface area contributed by atoms with Crippen LogP contribution in [0.25, 0.3) is 6.08 Å². The lowest BCUT2D eigenvalue weighted by Gasteiger charge is -2.30. The highest BCUT2D eigenvalue weighted by Crippen LogP contribution is 2.43. The number of carbonyl (C=O) groups is 2. The minimum atomic E-state index is -0.719. The fourth-order valence-electron chi connectivity index (χ4n) is 3.26. The number of Topliss-reactive ketones (excluding diaryl/α,β-unsaturated/α-hetero) is 1. The molecule has 0 radical (unpaired) electrons. The van der Waals surface area contributed by atoms with Gasteiger partial charge in [0.2, 0.25) is 0 Å². The summed E-state index contributed by atoms with van der Waals surface area (Å²) in [6.45, 7) is 3.79. The van der Waals surface area contributed by atoms with Gasteiger partial charge < -0.3 is 4.74 Å². The molecule has 170 valence electrons. The Hall–Kier alpha value is -3.79. The molecule has 0 N–H and O–H groups in total. The monoisotopic (exact) mass is 468 g/mol. The molecule has 9 nitrogen and oxygen atoms in total. The number of ketones is 1. The Morgan fingerprint density at radius 1 is 1.03 bits per heavy atom. The van der Waals surface area contributed by atoms with Crippen LogP contribution in [-0.4, -0.2) is 21.6 Å². The molecule has 0 aromatic heterocycles. The molecule has 0 amide bonds. The Balaban J connectivity index is 1.83. The molecule has 10 heteroatoms. The van der Waals surface area contributed by atoms with Gasteiger partial charge in [0, 0.05) is 48.1 Å². The van der Waals surface area contributed by atoms with Gasteiger partial charge >= 0.3 is 5.97 Å². The van der Waals surface area contributed by atoms with Crippen LogP contribution in [0.2, 0.25) is 0 Å². The van der Waals surface area contributed by atoms with E-state index in [-0.39, 0.29) is 34.2 Å². The highest BCUT2D eigenvalue weighted by molar-refractivity contribution is 8.04. The number of esters is 1. The molecule has 0 spiro atoms. The van der Waals surface area contributed by atoms with Gasteiger partial charge in [0.25, 0.3) is 11.4 Å². The van der Waals surface area contributed by atoms with E-state index in [1.165, 1.54) is 48.5 Å². The first-order chi connectivity index (χ1) is 15.5. The van der Waals surface area contributed by atoms with Crippen LogP contribution in [0.4, 0.5) is 11.4 Å². The summed E-state index contributed by atoms with van der Waals surface area (Å²) < 4.78 is 5.51. The minimum absolute atomic E-state index is 0.0672. The third-order valence-corrected chi connectivity index (χ3v) is 5.94. The minimum Gasteiger partial charge on any atom is -0.427 e. The van der Waals surface area contributed by atoms with Gasteiger partial charge in [0.1, 0.15) is 5.76 Å². The predicted molar refractivity (Wildman–Crippen MR) is 122 cm³/mol.